The van der Waals surface area contributed by atoms with E-state index in [0.29, 0.717) is 30.9 Å². The molecule has 1 aromatic heterocycles. The van der Waals surface area contributed by atoms with Crippen molar-refractivity contribution in [2.24, 2.45) is 0 Å². The molecule has 1 aromatic carbocycles. The summed E-state index contributed by atoms with van der Waals surface area (Å²) in [7, 11) is 0. The number of cyclic esters (lactones) is 1. The van der Waals surface area contributed by atoms with Crippen LogP contribution in [0.15, 0.2) is 36.0 Å². The first-order valence-electron chi connectivity index (χ1n) is 9.16. The Hall–Kier alpha value is -3.48. The standard InChI is InChI=1S/C19H18F2N6O2/c20-16-9-14(1-2-17(16)25-7-4-13(3-6-22)5-8-25)27-11-15(29-19(27)28)10-26-12-18(21)23-24-26/h1-2,4,9,12,15H,3,5,7-8,10-11H2/t15-/m0/s1. The van der Waals surface area contributed by atoms with Crippen LogP contribution in [0.5, 0.6) is 0 Å². The highest BCUT2D eigenvalue weighted by Gasteiger charge is 2.33. The van der Waals surface area contributed by atoms with Crippen molar-refractivity contribution in [3.05, 3.63) is 47.8 Å². The summed E-state index contributed by atoms with van der Waals surface area (Å²) in [6.45, 7) is 1.52. The van der Waals surface area contributed by atoms with Gasteiger partial charge >= 0.3 is 6.09 Å². The zero-order valence-electron chi connectivity index (χ0n) is 15.5. The molecule has 10 heteroatoms. The number of anilines is 2. The number of nitrogens with zero attached hydrogens (tertiary/aromatic N) is 6. The lowest BCUT2D eigenvalue weighted by atomic mass is 10.0. The van der Waals surface area contributed by atoms with E-state index in [1.165, 1.54) is 15.6 Å². The molecule has 1 fully saturated rings. The number of benzene rings is 1. The topological polar surface area (TPSA) is 87.3 Å². The minimum absolute atomic E-state index is 0.158. The Bertz CT molecular complexity index is 999. The summed E-state index contributed by atoms with van der Waals surface area (Å²) in [5, 5.41) is 15.6. The number of nitriles is 1. The molecule has 2 aromatic rings. The molecule has 0 aliphatic carbocycles. The molecule has 3 heterocycles. The van der Waals surface area contributed by atoms with Gasteiger partial charge in [0.1, 0.15) is 11.9 Å². The lowest BCUT2D eigenvalue weighted by molar-refractivity contribution is 0.129. The van der Waals surface area contributed by atoms with Crippen molar-refractivity contribution in [3.63, 3.8) is 0 Å². The second-order valence-electron chi connectivity index (χ2n) is 6.91. The molecule has 1 atom stereocenters. The number of carbonyl (C=O) groups excluding carboxylic acids is 1. The van der Waals surface area contributed by atoms with Gasteiger partial charge in [-0.15, -0.1) is 0 Å². The van der Waals surface area contributed by atoms with Gasteiger partial charge in [-0.3, -0.25) is 4.90 Å². The number of halogens is 2. The summed E-state index contributed by atoms with van der Waals surface area (Å²) in [5.74, 6) is -1.15. The van der Waals surface area contributed by atoms with Crippen LogP contribution in [-0.4, -0.2) is 46.8 Å². The van der Waals surface area contributed by atoms with Crippen molar-refractivity contribution >= 4 is 17.5 Å². The third-order valence-electron chi connectivity index (χ3n) is 4.97. The van der Waals surface area contributed by atoms with Crippen LogP contribution in [0.1, 0.15) is 12.8 Å². The van der Waals surface area contributed by atoms with Gasteiger partial charge in [-0.05, 0) is 24.6 Å². The fourth-order valence-electron chi connectivity index (χ4n) is 3.51. The highest BCUT2D eigenvalue weighted by molar-refractivity contribution is 5.90. The maximum atomic E-state index is 14.7. The van der Waals surface area contributed by atoms with Crippen molar-refractivity contribution < 1.29 is 18.3 Å². The van der Waals surface area contributed by atoms with Crippen LogP contribution in [0, 0.1) is 23.1 Å². The number of hydrogen-bond acceptors (Lipinski definition) is 6. The third kappa shape index (κ3) is 4.03. The maximum absolute atomic E-state index is 14.7. The largest absolute Gasteiger partial charge is 0.442 e. The van der Waals surface area contributed by atoms with Gasteiger partial charge in [0.2, 0.25) is 0 Å². The van der Waals surface area contributed by atoms with Crippen LogP contribution in [-0.2, 0) is 11.3 Å². The molecule has 150 valence electrons. The van der Waals surface area contributed by atoms with E-state index in [-0.39, 0.29) is 13.1 Å². The zero-order valence-corrected chi connectivity index (χ0v) is 15.5. The summed E-state index contributed by atoms with van der Waals surface area (Å²) >= 11 is 0. The van der Waals surface area contributed by atoms with E-state index < -0.39 is 24.0 Å². The van der Waals surface area contributed by atoms with E-state index in [9.17, 15) is 13.6 Å². The monoisotopic (exact) mass is 400 g/mol. The quantitative estimate of drug-likeness (QED) is 0.717. The summed E-state index contributed by atoms with van der Waals surface area (Å²) in [6.07, 6.45) is 3.05. The van der Waals surface area contributed by atoms with Gasteiger partial charge < -0.3 is 9.64 Å². The van der Waals surface area contributed by atoms with Gasteiger partial charge in [-0.1, -0.05) is 22.0 Å². The summed E-state index contributed by atoms with van der Waals surface area (Å²) in [6, 6.07) is 6.75. The molecule has 0 unspecified atom stereocenters. The molecular weight excluding hydrogens is 382 g/mol. The van der Waals surface area contributed by atoms with Gasteiger partial charge in [0.05, 0.1) is 43.2 Å². The number of aromatic nitrogens is 3. The Balaban J connectivity index is 1.44. The lowest BCUT2D eigenvalue weighted by Crippen LogP contribution is -2.30. The molecule has 0 radical (unpaired) electrons. The Morgan fingerprint density at radius 3 is 2.86 bits per heavy atom. The molecule has 0 spiro atoms. The first-order valence-corrected chi connectivity index (χ1v) is 9.16. The van der Waals surface area contributed by atoms with E-state index >= 15 is 0 Å². The minimum atomic E-state index is -0.712. The van der Waals surface area contributed by atoms with Gasteiger partial charge in [0, 0.05) is 13.1 Å². The summed E-state index contributed by atoms with van der Waals surface area (Å²) < 4.78 is 34.2. The molecule has 2 aliphatic rings. The SMILES string of the molecule is N#CCC1=CCN(c2ccc(N3C[C@H](Cn4cc(F)nn4)OC3=O)cc2F)CC1. The van der Waals surface area contributed by atoms with Gasteiger partial charge in [-0.2, -0.15) is 9.65 Å². The fraction of sp³-hybridized carbons (Fsp3) is 0.368. The van der Waals surface area contributed by atoms with Crippen LogP contribution in [0.25, 0.3) is 0 Å². The lowest BCUT2D eigenvalue weighted by Gasteiger charge is -2.28. The second kappa shape index (κ2) is 7.87. The van der Waals surface area contributed by atoms with Crippen molar-refractivity contribution in [3.8, 4) is 6.07 Å². The number of rotatable bonds is 5. The van der Waals surface area contributed by atoms with Gasteiger partial charge in [0.25, 0.3) is 5.95 Å². The number of hydrogen-bond donors (Lipinski definition) is 0. The molecule has 29 heavy (non-hydrogen) atoms. The van der Waals surface area contributed by atoms with Gasteiger partial charge in [0.15, 0.2) is 0 Å². The molecule has 0 saturated carbocycles. The third-order valence-corrected chi connectivity index (χ3v) is 4.97. The maximum Gasteiger partial charge on any atom is 0.414 e. The predicted molar refractivity (Wildman–Crippen MR) is 99.1 cm³/mol. The first-order chi connectivity index (χ1) is 14.0. The summed E-state index contributed by atoms with van der Waals surface area (Å²) in [4.78, 5) is 15.4. The molecule has 0 bridgehead atoms. The highest BCUT2D eigenvalue weighted by Crippen LogP contribution is 2.29. The van der Waals surface area contributed by atoms with Crippen molar-refractivity contribution in [1.29, 1.82) is 5.26 Å². The smallest absolute Gasteiger partial charge is 0.414 e. The Morgan fingerprint density at radius 1 is 1.34 bits per heavy atom. The number of carbonyl (C=O) groups is 1. The zero-order chi connectivity index (χ0) is 20.4. The normalized spacial score (nSPS) is 19.1. The molecule has 1 amide bonds. The molecule has 4 rings (SSSR count). The molecular formula is C19H18F2N6O2. The van der Waals surface area contributed by atoms with Crippen LogP contribution in [0.4, 0.5) is 25.0 Å². The van der Waals surface area contributed by atoms with E-state index in [1.807, 2.05) is 11.0 Å². The van der Waals surface area contributed by atoms with Crippen LogP contribution >= 0.6 is 0 Å². The van der Waals surface area contributed by atoms with E-state index in [0.717, 1.165) is 18.2 Å². The van der Waals surface area contributed by atoms with Crippen molar-refractivity contribution in [1.82, 2.24) is 15.0 Å². The molecule has 2 aliphatic heterocycles. The van der Waals surface area contributed by atoms with E-state index in [4.69, 9.17) is 10.00 Å². The van der Waals surface area contributed by atoms with E-state index in [2.05, 4.69) is 16.4 Å². The predicted octanol–water partition coefficient (Wildman–Crippen LogP) is 2.63. The number of ether oxygens (including phenoxy) is 1. The first kappa shape index (κ1) is 18.9. The Labute approximate surface area is 165 Å². The molecule has 1 saturated heterocycles. The fourth-order valence-corrected chi connectivity index (χ4v) is 3.51. The second-order valence-corrected chi connectivity index (χ2v) is 6.91. The van der Waals surface area contributed by atoms with Crippen LogP contribution in [0.3, 0.4) is 0 Å². The Morgan fingerprint density at radius 2 is 2.21 bits per heavy atom. The van der Waals surface area contributed by atoms with Crippen LogP contribution in [0.2, 0.25) is 0 Å². The molecule has 8 nitrogen and oxygen atoms in total. The van der Waals surface area contributed by atoms with Crippen molar-refractivity contribution in [2.45, 2.75) is 25.5 Å². The highest BCUT2D eigenvalue weighted by atomic mass is 19.1. The minimum Gasteiger partial charge on any atom is -0.442 e. The average Bonchev–Trinajstić information content (AvgIpc) is 3.28. The van der Waals surface area contributed by atoms with Gasteiger partial charge in [-0.25, -0.2) is 13.9 Å². The number of amides is 1. The van der Waals surface area contributed by atoms with E-state index in [1.54, 1.807) is 12.1 Å². The van der Waals surface area contributed by atoms with Crippen molar-refractivity contribution in [2.75, 3.05) is 29.4 Å². The summed E-state index contributed by atoms with van der Waals surface area (Å²) in [5.41, 5.74) is 1.91. The average molecular weight is 400 g/mol. The Kier molecular flexibility index (Phi) is 5.12. The van der Waals surface area contributed by atoms with Crippen LogP contribution < -0.4 is 9.80 Å². The molecule has 0 N–H and O–H groups in total.